The fourth-order valence-corrected chi connectivity index (χ4v) is 3.61. The maximum Gasteiger partial charge on any atom is 0.269 e. The molecule has 0 aliphatic carbocycles. The summed E-state index contributed by atoms with van der Waals surface area (Å²) in [5, 5.41) is 4.29. The van der Waals surface area contributed by atoms with E-state index in [1.807, 2.05) is 0 Å². The Morgan fingerprint density at radius 3 is 2.36 bits per heavy atom. The molecule has 2 N–H and O–H groups in total. The molecule has 1 atom stereocenters. The lowest BCUT2D eigenvalue weighted by Crippen LogP contribution is -2.31. The average molecular weight is 392 g/mol. The maximum atomic E-state index is 5.57. The van der Waals surface area contributed by atoms with Gasteiger partial charge >= 0.3 is 0 Å². The van der Waals surface area contributed by atoms with Gasteiger partial charge in [-0.25, -0.2) is 9.97 Å². The van der Waals surface area contributed by atoms with Crippen molar-refractivity contribution in [2.75, 3.05) is 5.73 Å². The molecule has 0 saturated carbocycles. The van der Waals surface area contributed by atoms with Crippen molar-refractivity contribution in [3.63, 3.8) is 0 Å². The molecule has 0 saturated heterocycles. The van der Waals surface area contributed by atoms with Gasteiger partial charge in [-0.1, -0.05) is 43.3 Å². The van der Waals surface area contributed by atoms with Crippen molar-refractivity contribution >= 4 is 17.3 Å². The first kappa shape index (κ1) is 18.2. The van der Waals surface area contributed by atoms with Gasteiger partial charge in [0, 0.05) is 18.0 Å². The molecule has 3 aromatic heterocycles. The number of nitrogens with zero attached hydrogens (tertiary/aromatic N) is 5. The zero-order valence-corrected chi connectivity index (χ0v) is 16.6. The number of hydrogen-bond acceptors (Lipinski definition) is 8. The van der Waals surface area contributed by atoms with Crippen molar-refractivity contribution in [1.82, 2.24) is 25.1 Å². The quantitative estimate of drug-likeness (QED) is 0.543. The van der Waals surface area contributed by atoms with E-state index in [-0.39, 0.29) is 11.9 Å². The molecule has 0 bridgehead atoms. The Hall–Kier alpha value is -3.13. The van der Waals surface area contributed by atoms with E-state index >= 15 is 0 Å². The van der Waals surface area contributed by atoms with E-state index in [1.54, 1.807) is 24.1 Å². The lowest BCUT2D eigenvalue weighted by Gasteiger charge is -2.31. The van der Waals surface area contributed by atoms with E-state index in [1.165, 1.54) is 11.3 Å². The highest BCUT2D eigenvalue weighted by atomic mass is 32.1. The third kappa shape index (κ3) is 3.16. The van der Waals surface area contributed by atoms with E-state index in [9.17, 15) is 0 Å². The van der Waals surface area contributed by atoms with Crippen LogP contribution in [0.3, 0.4) is 0 Å². The van der Waals surface area contributed by atoms with Gasteiger partial charge in [0.15, 0.2) is 5.82 Å². The van der Waals surface area contributed by atoms with E-state index < -0.39 is 5.41 Å². The predicted molar refractivity (Wildman–Crippen MR) is 109 cm³/mol. The fraction of sp³-hybridized carbons (Fsp3) is 0.250. The Balaban J connectivity index is 1.70. The van der Waals surface area contributed by atoms with Gasteiger partial charge in [-0.3, -0.25) is 4.98 Å². The molecule has 0 aliphatic rings. The van der Waals surface area contributed by atoms with Crippen LogP contribution in [-0.4, -0.2) is 25.1 Å². The topological polar surface area (TPSA) is 104 Å². The van der Waals surface area contributed by atoms with Crippen LogP contribution >= 0.6 is 11.3 Å². The van der Waals surface area contributed by atoms with E-state index in [0.717, 1.165) is 21.6 Å². The smallest absolute Gasteiger partial charge is 0.269 e. The summed E-state index contributed by atoms with van der Waals surface area (Å²) in [4.78, 5) is 17.7. The Labute approximate surface area is 166 Å². The minimum absolute atomic E-state index is 0.255. The monoisotopic (exact) mass is 392 g/mol. The van der Waals surface area contributed by atoms with Crippen molar-refractivity contribution in [2.24, 2.45) is 5.92 Å². The van der Waals surface area contributed by atoms with Gasteiger partial charge in [0.2, 0.25) is 5.95 Å². The molecule has 7 nitrogen and oxygen atoms in total. The minimum Gasteiger partial charge on any atom is -0.368 e. The molecular weight excluding hydrogens is 372 g/mol. The number of nitrogen functional groups attached to an aromatic ring is 1. The molecule has 1 unspecified atom stereocenters. The van der Waals surface area contributed by atoms with Crippen LogP contribution in [-0.2, 0) is 5.41 Å². The van der Waals surface area contributed by atoms with Crippen LogP contribution < -0.4 is 5.73 Å². The summed E-state index contributed by atoms with van der Waals surface area (Å²) in [6.07, 6.45) is 5.18. The van der Waals surface area contributed by atoms with Gasteiger partial charge in [-0.05, 0) is 24.0 Å². The molecule has 4 rings (SSSR count). The van der Waals surface area contributed by atoms with Gasteiger partial charge in [-0.2, -0.15) is 4.98 Å². The highest BCUT2D eigenvalue weighted by Gasteiger charge is 2.37. The lowest BCUT2D eigenvalue weighted by atomic mass is 9.72. The van der Waals surface area contributed by atoms with E-state index in [4.69, 9.17) is 10.3 Å². The summed E-state index contributed by atoms with van der Waals surface area (Å²) in [6.45, 7) is 6.45. The number of nitrogens with two attached hydrogens (primary N) is 1. The Morgan fingerprint density at radius 1 is 1.04 bits per heavy atom. The van der Waals surface area contributed by atoms with Crippen LogP contribution in [0.1, 0.15) is 32.2 Å². The first-order valence-electron chi connectivity index (χ1n) is 8.90. The maximum absolute atomic E-state index is 5.57. The number of rotatable bonds is 5. The summed E-state index contributed by atoms with van der Waals surface area (Å²) in [5.41, 5.74) is 9.97. The third-order valence-electron chi connectivity index (χ3n) is 5.18. The van der Waals surface area contributed by atoms with Gasteiger partial charge in [0.05, 0.1) is 17.1 Å². The number of benzene rings is 1. The van der Waals surface area contributed by atoms with Crippen molar-refractivity contribution in [3.8, 4) is 21.9 Å². The van der Waals surface area contributed by atoms with Crippen molar-refractivity contribution in [3.05, 3.63) is 59.8 Å². The third-order valence-corrected chi connectivity index (χ3v) is 5.94. The van der Waals surface area contributed by atoms with Crippen LogP contribution in [0.5, 0.6) is 0 Å². The zero-order valence-electron chi connectivity index (χ0n) is 15.8. The average Bonchev–Trinajstić information content (AvgIpc) is 3.40. The molecule has 28 heavy (non-hydrogen) atoms. The normalized spacial score (nSPS) is 13.6. The van der Waals surface area contributed by atoms with Crippen molar-refractivity contribution in [2.45, 2.75) is 26.2 Å². The standard InChI is InChI=1S/C20H20N6OS/c1-12(2)20(3,18-25-17(27-26-18)16-10-22-11-28-16)15-6-4-13(5-7-15)14-8-23-19(21)24-9-14/h4-12H,1-3H3,(H2,21,23,24). The Morgan fingerprint density at radius 2 is 1.75 bits per heavy atom. The first-order chi connectivity index (χ1) is 13.5. The van der Waals surface area contributed by atoms with Crippen LogP contribution in [0.15, 0.2) is 52.9 Å². The second kappa shape index (κ2) is 7.12. The van der Waals surface area contributed by atoms with Crippen LogP contribution in [0.2, 0.25) is 0 Å². The summed E-state index contributed by atoms with van der Waals surface area (Å²) in [7, 11) is 0. The first-order valence-corrected chi connectivity index (χ1v) is 9.78. The van der Waals surface area contributed by atoms with Gasteiger partial charge in [0.25, 0.3) is 5.89 Å². The molecular formula is C20H20N6OS. The SMILES string of the molecule is CC(C)C(C)(c1ccc(-c2cnc(N)nc2)cc1)c1noc(-c2cncs2)n1. The molecule has 0 aliphatic heterocycles. The largest absolute Gasteiger partial charge is 0.368 e. The van der Waals surface area contributed by atoms with E-state index in [2.05, 4.69) is 70.1 Å². The molecule has 0 amide bonds. The molecule has 0 spiro atoms. The molecule has 3 heterocycles. The Bertz CT molecular complexity index is 1060. The van der Waals surface area contributed by atoms with Crippen molar-refractivity contribution < 1.29 is 4.52 Å². The highest BCUT2D eigenvalue weighted by molar-refractivity contribution is 7.13. The second-order valence-electron chi connectivity index (χ2n) is 7.05. The van der Waals surface area contributed by atoms with Crippen LogP contribution in [0.25, 0.3) is 21.9 Å². The summed E-state index contributed by atoms with van der Waals surface area (Å²) in [6, 6.07) is 8.28. The second-order valence-corrected chi connectivity index (χ2v) is 7.94. The molecule has 4 aromatic rings. The van der Waals surface area contributed by atoms with Gasteiger partial charge in [-0.15, -0.1) is 11.3 Å². The van der Waals surface area contributed by atoms with Crippen molar-refractivity contribution in [1.29, 1.82) is 0 Å². The van der Waals surface area contributed by atoms with E-state index in [0.29, 0.717) is 11.7 Å². The van der Waals surface area contributed by atoms with Crippen LogP contribution in [0.4, 0.5) is 5.95 Å². The summed E-state index contributed by atoms with van der Waals surface area (Å²) in [5.74, 6) is 1.68. The minimum atomic E-state index is -0.400. The summed E-state index contributed by atoms with van der Waals surface area (Å²) < 4.78 is 5.51. The molecule has 8 heteroatoms. The van der Waals surface area contributed by atoms with Crippen LogP contribution in [0, 0.1) is 5.92 Å². The molecule has 1 aromatic carbocycles. The zero-order chi connectivity index (χ0) is 19.7. The molecule has 142 valence electrons. The van der Waals surface area contributed by atoms with Gasteiger partial charge in [0.1, 0.15) is 4.88 Å². The number of hydrogen-bond donors (Lipinski definition) is 1. The lowest BCUT2D eigenvalue weighted by molar-refractivity contribution is 0.351. The number of anilines is 1. The number of aromatic nitrogens is 5. The van der Waals surface area contributed by atoms with Gasteiger partial charge < -0.3 is 10.3 Å². The summed E-state index contributed by atoms with van der Waals surface area (Å²) >= 11 is 1.48. The molecule has 0 fully saturated rings. The highest BCUT2D eigenvalue weighted by Crippen LogP contribution is 2.39. The Kier molecular flexibility index (Phi) is 4.64. The predicted octanol–water partition coefficient (Wildman–Crippen LogP) is 4.19. The fourth-order valence-electron chi connectivity index (χ4n) is 3.07. The number of thiazole rings is 1. The molecule has 0 radical (unpaired) electrons.